The second-order valence-electron chi connectivity index (χ2n) is 7.02. The highest BCUT2D eigenvalue weighted by atomic mass is 32.2. The lowest BCUT2D eigenvalue weighted by Crippen LogP contribution is -2.30. The Kier molecular flexibility index (Phi) is 6.33. The van der Waals surface area contributed by atoms with Gasteiger partial charge in [0.05, 0.1) is 22.9 Å². The van der Waals surface area contributed by atoms with Gasteiger partial charge < -0.3 is 4.74 Å². The number of ether oxygens (including phenoxy) is 1. The fourth-order valence-electron chi connectivity index (χ4n) is 3.44. The Bertz CT molecular complexity index is 1060. The van der Waals surface area contributed by atoms with Crippen molar-refractivity contribution in [2.75, 3.05) is 27.2 Å². The van der Waals surface area contributed by atoms with Crippen LogP contribution in [0.25, 0.3) is 0 Å². The van der Waals surface area contributed by atoms with E-state index in [0.29, 0.717) is 18.8 Å². The Labute approximate surface area is 173 Å². The average molecular weight is 439 g/mol. The monoisotopic (exact) mass is 438 g/mol. The van der Waals surface area contributed by atoms with E-state index in [1.807, 2.05) is 18.2 Å². The summed E-state index contributed by atoms with van der Waals surface area (Å²) < 4.78 is 59.5. The third-order valence-electron chi connectivity index (χ3n) is 5.34. The van der Waals surface area contributed by atoms with Crippen LogP contribution in [0.5, 0.6) is 5.75 Å². The van der Waals surface area contributed by atoms with Crippen LogP contribution in [0.15, 0.2) is 58.3 Å². The first-order valence-corrected chi connectivity index (χ1v) is 12.3. The summed E-state index contributed by atoms with van der Waals surface area (Å²) in [6.07, 6.45) is 1.69. The third kappa shape index (κ3) is 4.18. The molecule has 1 aliphatic heterocycles. The summed E-state index contributed by atoms with van der Waals surface area (Å²) >= 11 is 0. The minimum Gasteiger partial charge on any atom is -0.496 e. The second-order valence-corrected chi connectivity index (χ2v) is 11.0. The Morgan fingerprint density at radius 3 is 2.07 bits per heavy atom. The van der Waals surface area contributed by atoms with Crippen molar-refractivity contribution < 1.29 is 21.6 Å². The van der Waals surface area contributed by atoms with Crippen molar-refractivity contribution >= 4 is 20.0 Å². The van der Waals surface area contributed by atoms with Gasteiger partial charge in [0, 0.05) is 25.7 Å². The van der Waals surface area contributed by atoms with Crippen molar-refractivity contribution in [1.29, 1.82) is 0 Å². The molecular formula is C20H26N2O5S2. The maximum atomic E-state index is 13.1. The van der Waals surface area contributed by atoms with Crippen molar-refractivity contribution in [3.05, 3.63) is 54.1 Å². The Balaban J connectivity index is 1.87. The van der Waals surface area contributed by atoms with Crippen LogP contribution >= 0.6 is 0 Å². The maximum absolute atomic E-state index is 13.1. The molecule has 29 heavy (non-hydrogen) atoms. The van der Waals surface area contributed by atoms with Crippen molar-refractivity contribution in [3.63, 3.8) is 0 Å². The van der Waals surface area contributed by atoms with Gasteiger partial charge in [0.2, 0.25) is 20.0 Å². The maximum Gasteiger partial charge on any atom is 0.243 e. The second kappa shape index (κ2) is 8.43. The topological polar surface area (TPSA) is 84.0 Å². The molecule has 158 valence electrons. The summed E-state index contributed by atoms with van der Waals surface area (Å²) in [5, 5.41) is 0. The lowest BCUT2D eigenvalue weighted by atomic mass is 10.1. The minimum absolute atomic E-state index is 0.0436. The Morgan fingerprint density at radius 1 is 0.931 bits per heavy atom. The minimum atomic E-state index is -3.82. The number of sulfonamides is 2. The van der Waals surface area contributed by atoms with Gasteiger partial charge in [-0.1, -0.05) is 18.2 Å². The lowest BCUT2D eigenvalue weighted by Gasteiger charge is -2.26. The van der Waals surface area contributed by atoms with E-state index in [2.05, 4.69) is 0 Å². The average Bonchev–Trinajstić information content (AvgIpc) is 3.28. The van der Waals surface area contributed by atoms with Crippen LogP contribution in [-0.2, 0) is 20.0 Å². The molecule has 0 N–H and O–H groups in total. The van der Waals surface area contributed by atoms with Crippen molar-refractivity contribution in [1.82, 2.24) is 8.61 Å². The first kappa shape index (κ1) is 21.8. The largest absolute Gasteiger partial charge is 0.496 e. The number of methoxy groups -OCH3 is 1. The molecule has 0 aliphatic carbocycles. The molecule has 2 aromatic rings. The number of benzene rings is 2. The molecule has 2 aromatic carbocycles. The number of hydrogen-bond donors (Lipinski definition) is 0. The van der Waals surface area contributed by atoms with Crippen molar-refractivity contribution in [3.8, 4) is 5.75 Å². The predicted octanol–water partition coefficient (Wildman–Crippen LogP) is 2.86. The summed E-state index contributed by atoms with van der Waals surface area (Å²) in [5.41, 5.74) is 0.745. The fraction of sp³-hybridized carbons (Fsp3) is 0.400. The first-order chi connectivity index (χ1) is 13.7. The molecule has 9 heteroatoms. The molecule has 1 heterocycles. The van der Waals surface area contributed by atoms with E-state index in [-0.39, 0.29) is 9.79 Å². The number of para-hydroxylation sites is 1. The normalized spacial score (nSPS) is 16.8. The van der Waals surface area contributed by atoms with Crippen LogP contribution in [0.4, 0.5) is 0 Å². The molecule has 0 aromatic heterocycles. The van der Waals surface area contributed by atoms with Gasteiger partial charge in [-0.05, 0) is 50.1 Å². The van der Waals surface area contributed by atoms with Crippen LogP contribution < -0.4 is 4.74 Å². The van der Waals surface area contributed by atoms with Crippen LogP contribution in [0.2, 0.25) is 0 Å². The molecule has 1 saturated heterocycles. The van der Waals surface area contributed by atoms with Gasteiger partial charge in [0.1, 0.15) is 5.75 Å². The Hall–Kier alpha value is -1.94. The molecule has 1 atom stereocenters. The molecule has 1 unspecified atom stereocenters. The third-order valence-corrected chi connectivity index (χ3v) is 9.19. The standard InChI is InChI=1S/C20H26N2O5S2/c1-16(19-8-4-5-9-20(19)27-3)21(2)28(23,24)17-10-12-18(13-11-17)29(25,26)22-14-6-7-15-22/h4-5,8-13,16H,6-7,14-15H2,1-3H3. The highest BCUT2D eigenvalue weighted by molar-refractivity contribution is 7.89. The van der Waals surface area contributed by atoms with Crippen LogP contribution in [0, 0.1) is 0 Å². The van der Waals surface area contributed by atoms with E-state index >= 15 is 0 Å². The molecule has 0 radical (unpaired) electrons. The highest BCUT2D eigenvalue weighted by Crippen LogP contribution is 2.32. The highest BCUT2D eigenvalue weighted by Gasteiger charge is 2.30. The van der Waals surface area contributed by atoms with E-state index in [9.17, 15) is 16.8 Å². The first-order valence-electron chi connectivity index (χ1n) is 9.41. The molecule has 1 aliphatic rings. The number of rotatable bonds is 7. The summed E-state index contributed by atoms with van der Waals surface area (Å²) in [7, 11) is -4.36. The molecule has 7 nitrogen and oxygen atoms in total. The van der Waals surface area contributed by atoms with Gasteiger partial charge in [-0.3, -0.25) is 0 Å². The summed E-state index contributed by atoms with van der Waals surface area (Å²) in [6, 6.07) is 12.2. The van der Waals surface area contributed by atoms with Gasteiger partial charge in [-0.2, -0.15) is 8.61 Å². The van der Waals surface area contributed by atoms with E-state index in [4.69, 9.17) is 4.74 Å². The van der Waals surface area contributed by atoms with Gasteiger partial charge in [-0.25, -0.2) is 16.8 Å². The van der Waals surface area contributed by atoms with Gasteiger partial charge >= 0.3 is 0 Å². The summed E-state index contributed by atoms with van der Waals surface area (Å²) in [6.45, 7) is 2.78. The van der Waals surface area contributed by atoms with Crippen molar-refractivity contribution in [2.45, 2.75) is 35.6 Å². The molecule has 0 saturated carbocycles. The molecule has 1 fully saturated rings. The fourth-order valence-corrected chi connectivity index (χ4v) is 6.30. The van der Waals surface area contributed by atoms with E-state index < -0.39 is 26.1 Å². The SMILES string of the molecule is COc1ccccc1C(C)N(C)S(=O)(=O)c1ccc(S(=O)(=O)N2CCCC2)cc1. The van der Waals surface area contributed by atoms with Crippen LogP contribution in [0.1, 0.15) is 31.4 Å². The molecular weight excluding hydrogens is 412 g/mol. The zero-order valence-electron chi connectivity index (χ0n) is 16.8. The number of hydrogen-bond acceptors (Lipinski definition) is 5. The molecule has 0 bridgehead atoms. The summed E-state index contributed by atoms with van der Waals surface area (Å²) in [5.74, 6) is 0.606. The van der Waals surface area contributed by atoms with Crippen LogP contribution in [0.3, 0.4) is 0 Å². The summed E-state index contributed by atoms with van der Waals surface area (Å²) in [4.78, 5) is 0.154. The van der Waals surface area contributed by atoms with E-state index in [1.165, 1.54) is 39.9 Å². The van der Waals surface area contributed by atoms with Gasteiger partial charge in [-0.15, -0.1) is 0 Å². The number of nitrogens with zero attached hydrogens (tertiary/aromatic N) is 2. The lowest BCUT2D eigenvalue weighted by molar-refractivity contribution is 0.367. The Morgan fingerprint density at radius 2 is 1.48 bits per heavy atom. The smallest absolute Gasteiger partial charge is 0.243 e. The molecule has 0 amide bonds. The predicted molar refractivity (Wildman–Crippen MR) is 111 cm³/mol. The van der Waals surface area contributed by atoms with E-state index in [1.54, 1.807) is 20.1 Å². The quantitative estimate of drug-likeness (QED) is 0.664. The zero-order chi connectivity index (χ0) is 21.2. The molecule has 0 spiro atoms. The van der Waals surface area contributed by atoms with Crippen LogP contribution in [-0.4, -0.2) is 52.7 Å². The van der Waals surface area contributed by atoms with Gasteiger partial charge in [0.15, 0.2) is 0 Å². The van der Waals surface area contributed by atoms with Crippen molar-refractivity contribution in [2.24, 2.45) is 0 Å². The van der Waals surface area contributed by atoms with E-state index in [0.717, 1.165) is 18.4 Å². The van der Waals surface area contributed by atoms with Gasteiger partial charge in [0.25, 0.3) is 0 Å². The molecule has 3 rings (SSSR count). The zero-order valence-corrected chi connectivity index (χ0v) is 18.4.